The molecule has 1 fully saturated rings. The summed E-state index contributed by atoms with van der Waals surface area (Å²) in [5, 5.41) is 2.02. The van der Waals surface area contributed by atoms with Crippen molar-refractivity contribution in [1.82, 2.24) is 0 Å². The van der Waals surface area contributed by atoms with Crippen LogP contribution in [0.25, 0.3) is 10.8 Å². The fourth-order valence-corrected chi connectivity index (χ4v) is 4.09. The van der Waals surface area contributed by atoms with E-state index in [2.05, 4.69) is 15.9 Å². The van der Waals surface area contributed by atoms with E-state index in [9.17, 15) is 31.6 Å². The molecule has 3 rings (SSSR count). The molecule has 4 atom stereocenters. The van der Waals surface area contributed by atoms with E-state index in [1.54, 1.807) is 0 Å². The van der Waals surface area contributed by atoms with Gasteiger partial charge >= 0.3 is 25.2 Å². The van der Waals surface area contributed by atoms with Crippen LogP contribution in [-0.4, -0.2) is 50.1 Å². The maximum atomic E-state index is 11.7. The zero-order valence-electron chi connectivity index (χ0n) is 19.0. The zero-order chi connectivity index (χ0) is 26.3. The number of pyridine rings is 1. The number of aromatic nitrogens is 1. The highest BCUT2D eigenvalue weighted by Crippen LogP contribution is 2.30. The van der Waals surface area contributed by atoms with Gasteiger partial charge in [0, 0.05) is 31.5 Å². The number of ether oxygens (including phenoxy) is 4. The SMILES string of the molecule is CC(=O)OC[C@H]1O[C@@H]([n+]2cc(Br)c3ccccc3c2)C[C@@H](OC(C)=O)[C@@H]1OC(C)=O.F[B-](F)(F)F. The van der Waals surface area contributed by atoms with Crippen LogP contribution in [0.1, 0.15) is 33.4 Å². The van der Waals surface area contributed by atoms with Crippen LogP contribution in [0.15, 0.2) is 41.1 Å². The predicted octanol–water partition coefficient (Wildman–Crippen LogP) is 3.90. The fourth-order valence-electron chi connectivity index (χ4n) is 3.50. The molecular weight excluding hydrogens is 545 g/mol. The number of halogens is 5. The van der Waals surface area contributed by atoms with Gasteiger partial charge in [-0.2, -0.15) is 4.57 Å². The van der Waals surface area contributed by atoms with Gasteiger partial charge in [0.05, 0.1) is 10.9 Å². The molecule has 192 valence electrons. The third kappa shape index (κ3) is 9.44. The van der Waals surface area contributed by atoms with Crippen molar-refractivity contribution in [3.05, 3.63) is 41.1 Å². The molecule has 0 unspecified atom stereocenters. The lowest BCUT2D eigenvalue weighted by Crippen LogP contribution is -2.57. The van der Waals surface area contributed by atoms with Crippen LogP contribution in [0.3, 0.4) is 0 Å². The van der Waals surface area contributed by atoms with E-state index in [1.165, 1.54) is 20.8 Å². The Hall–Kier alpha value is -2.74. The minimum atomic E-state index is -6.00. The molecule has 0 radical (unpaired) electrons. The second kappa shape index (κ2) is 12.3. The summed E-state index contributed by atoms with van der Waals surface area (Å²) >= 11 is 3.58. The van der Waals surface area contributed by atoms with Crippen LogP contribution in [0, 0.1) is 0 Å². The first-order chi connectivity index (χ1) is 16.2. The van der Waals surface area contributed by atoms with Crippen molar-refractivity contribution >= 4 is 51.9 Å². The maximum Gasteiger partial charge on any atom is 0.673 e. The molecule has 0 amide bonds. The first-order valence-electron chi connectivity index (χ1n) is 10.3. The summed E-state index contributed by atoms with van der Waals surface area (Å²) in [6.45, 7) is 3.68. The van der Waals surface area contributed by atoms with Gasteiger partial charge in [-0.25, -0.2) is 0 Å². The Bertz CT molecular complexity index is 1070. The lowest BCUT2D eigenvalue weighted by Gasteiger charge is -2.37. The molecule has 0 bridgehead atoms. The Morgan fingerprint density at radius 3 is 2.20 bits per heavy atom. The Morgan fingerprint density at radius 2 is 1.63 bits per heavy atom. The monoisotopic (exact) mass is 567 g/mol. The third-order valence-corrected chi connectivity index (χ3v) is 5.30. The average molecular weight is 568 g/mol. The van der Waals surface area contributed by atoms with E-state index in [-0.39, 0.29) is 13.0 Å². The highest BCUT2D eigenvalue weighted by Gasteiger charge is 2.47. The molecule has 14 heteroatoms. The highest BCUT2D eigenvalue weighted by atomic mass is 79.9. The Kier molecular flexibility index (Phi) is 10.0. The molecule has 1 aromatic heterocycles. The van der Waals surface area contributed by atoms with Gasteiger partial charge in [0.2, 0.25) is 0 Å². The summed E-state index contributed by atoms with van der Waals surface area (Å²) in [6.07, 6.45) is 1.04. The van der Waals surface area contributed by atoms with Crippen LogP contribution < -0.4 is 4.57 Å². The molecule has 35 heavy (non-hydrogen) atoms. The maximum absolute atomic E-state index is 11.7. The topological polar surface area (TPSA) is 92.0 Å². The largest absolute Gasteiger partial charge is 0.673 e. The molecule has 2 heterocycles. The first kappa shape index (κ1) is 28.5. The number of carbonyl (C=O) groups excluding carboxylic acids is 3. The number of fused-ring (bicyclic) bond motifs is 1. The number of esters is 3. The van der Waals surface area contributed by atoms with Crippen LogP contribution >= 0.6 is 15.9 Å². The molecule has 1 aliphatic heterocycles. The molecule has 8 nitrogen and oxygen atoms in total. The summed E-state index contributed by atoms with van der Waals surface area (Å²) in [6, 6.07) is 7.85. The number of rotatable bonds is 5. The van der Waals surface area contributed by atoms with Gasteiger partial charge in [-0.1, -0.05) is 18.2 Å². The van der Waals surface area contributed by atoms with Crippen molar-refractivity contribution in [3.8, 4) is 0 Å². The standard InChI is InChI=1S/C21H23BrNO7.BF4/c1-12(24)27-11-19-21(29-14(3)26)18(28-13(2)25)8-20(30-19)23-9-15-6-4-5-7-16(15)17(22)10-23;2-1(3,4)5/h4-7,9-10,18-21H,8,11H2,1-3H3;/q+1;-1/t18-,19-,20-,21+;/m1./s1. The van der Waals surface area contributed by atoms with E-state index in [0.29, 0.717) is 0 Å². The van der Waals surface area contributed by atoms with Crippen molar-refractivity contribution in [2.75, 3.05) is 6.61 Å². The lowest BCUT2D eigenvalue weighted by atomic mass is 10.00. The van der Waals surface area contributed by atoms with Crippen molar-refractivity contribution in [2.24, 2.45) is 0 Å². The van der Waals surface area contributed by atoms with Gasteiger partial charge < -0.3 is 36.2 Å². The van der Waals surface area contributed by atoms with Crippen LogP contribution in [0.2, 0.25) is 0 Å². The van der Waals surface area contributed by atoms with Crippen molar-refractivity contribution < 1.29 is 55.2 Å². The fraction of sp³-hybridized carbons (Fsp3) is 0.429. The average Bonchev–Trinajstić information content (AvgIpc) is 2.71. The molecule has 0 aliphatic carbocycles. The zero-order valence-corrected chi connectivity index (χ0v) is 20.5. The quantitative estimate of drug-likeness (QED) is 0.178. The Morgan fingerprint density at radius 1 is 1.03 bits per heavy atom. The minimum absolute atomic E-state index is 0.142. The number of hydrogen-bond acceptors (Lipinski definition) is 7. The summed E-state index contributed by atoms with van der Waals surface area (Å²) in [4.78, 5) is 34.7. The lowest BCUT2D eigenvalue weighted by molar-refractivity contribution is -0.769. The first-order valence-corrected chi connectivity index (χ1v) is 11.1. The van der Waals surface area contributed by atoms with Gasteiger partial charge in [0.25, 0.3) is 6.23 Å². The number of hydrogen-bond donors (Lipinski definition) is 0. The minimum Gasteiger partial charge on any atom is -0.463 e. The molecular formula is C21H23BBrF4NO7. The Labute approximate surface area is 206 Å². The second-order valence-corrected chi connectivity index (χ2v) is 8.38. The molecule has 0 N–H and O–H groups in total. The van der Waals surface area contributed by atoms with Crippen LogP contribution in [-0.2, 0) is 33.3 Å². The van der Waals surface area contributed by atoms with Gasteiger partial charge in [-0.15, -0.1) is 0 Å². The Balaban J connectivity index is 0.000000784. The number of carbonyl (C=O) groups is 3. The normalized spacial score (nSPS) is 21.9. The van der Waals surface area contributed by atoms with Crippen LogP contribution in [0.4, 0.5) is 17.3 Å². The smallest absolute Gasteiger partial charge is 0.463 e. The van der Waals surface area contributed by atoms with E-state index >= 15 is 0 Å². The van der Waals surface area contributed by atoms with Crippen molar-refractivity contribution in [2.45, 2.75) is 51.7 Å². The second-order valence-electron chi connectivity index (χ2n) is 7.52. The van der Waals surface area contributed by atoms with E-state index < -0.39 is 49.7 Å². The summed E-state index contributed by atoms with van der Waals surface area (Å²) in [5.74, 6) is -1.55. The third-order valence-electron chi connectivity index (χ3n) is 4.67. The summed E-state index contributed by atoms with van der Waals surface area (Å²) in [7, 11) is -6.00. The highest BCUT2D eigenvalue weighted by molar-refractivity contribution is 9.10. The molecule has 1 saturated heterocycles. The van der Waals surface area contributed by atoms with E-state index in [4.69, 9.17) is 18.9 Å². The van der Waals surface area contributed by atoms with E-state index in [1.807, 2.05) is 41.2 Å². The van der Waals surface area contributed by atoms with Crippen LogP contribution in [0.5, 0.6) is 0 Å². The van der Waals surface area contributed by atoms with Gasteiger partial charge in [-0.05, 0) is 22.0 Å². The van der Waals surface area contributed by atoms with Gasteiger partial charge in [0.15, 0.2) is 24.6 Å². The van der Waals surface area contributed by atoms with Crippen molar-refractivity contribution in [3.63, 3.8) is 0 Å². The molecule has 0 spiro atoms. The predicted molar refractivity (Wildman–Crippen MR) is 118 cm³/mol. The molecule has 1 aromatic carbocycles. The molecule has 0 saturated carbocycles. The summed E-state index contributed by atoms with van der Waals surface area (Å²) in [5.41, 5.74) is 0. The summed E-state index contributed by atoms with van der Waals surface area (Å²) < 4.78 is 63.8. The van der Waals surface area contributed by atoms with Gasteiger partial charge in [-0.3, -0.25) is 14.4 Å². The number of nitrogens with zero attached hydrogens (tertiary/aromatic N) is 1. The van der Waals surface area contributed by atoms with Gasteiger partial charge in [0.1, 0.15) is 12.7 Å². The molecule has 2 aromatic rings. The van der Waals surface area contributed by atoms with E-state index in [0.717, 1.165) is 15.2 Å². The van der Waals surface area contributed by atoms with Crippen molar-refractivity contribution in [1.29, 1.82) is 0 Å². The molecule has 1 aliphatic rings. The number of benzene rings is 1.